The number of benzene rings is 2. The standard InChI is InChI=1S/C12H10.C6H11O6P/c1-3-7-11(8-4-1)12-9-5-2-6-10-12;7-6(1-2-13(8,9)10)12-4-5-3-11-5/h1-10H;5H,1-4H2,(H2,8,9,10). The molecule has 0 radical (unpaired) electrons. The second kappa shape index (κ2) is 9.49. The summed E-state index contributed by atoms with van der Waals surface area (Å²) < 4.78 is 19.8. The third kappa shape index (κ3) is 8.61. The first-order valence-electron chi connectivity index (χ1n) is 7.86. The molecule has 1 aliphatic heterocycles. The maximum Gasteiger partial charge on any atom is 0.326 e. The topological polar surface area (TPSA) is 96.4 Å². The number of carbonyl (C=O) groups excluding carboxylic acids is 1. The molecule has 3 rings (SSSR count). The number of hydrogen-bond acceptors (Lipinski definition) is 4. The van der Waals surface area contributed by atoms with Crippen LogP contribution in [0, 0.1) is 0 Å². The van der Waals surface area contributed by atoms with Crippen molar-refractivity contribution < 1.29 is 28.6 Å². The van der Waals surface area contributed by atoms with Gasteiger partial charge in [-0.15, -0.1) is 0 Å². The highest BCUT2D eigenvalue weighted by atomic mass is 31.2. The van der Waals surface area contributed by atoms with Gasteiger partial charge in [-0.2, -0.15) is 0 Å². The second-order valence-corrected chi connectivity index (χ2v) is 7.29. The third-order valence-electron chi connectivity index (χ3n) is 3.32. The molecule has 0 amide bonds. The van der Waals surface area contributed by atoms with Gasteiger partial charge in [0.2, 0.25) is 0 Å². The van der Waals surface area contributed by atoms with E-state index in [-0.39, 0.29) is 19.1 Å². The Balaban J connectivity index is 0.000000181. The Morgan fingerprint density at radius 1 is 1.04 bits per heavy atom. The van der Waals surface area contributed by atoms with Crippen molar-refractivity contribution in [3.63, 3.8) is 0 Å². The van der Waals surface area contributed by atoms with Crippen molar-refractivity contribution in [2.75, 3.05) is 19.4 Å². The lowest BCUT2D eigenvalue weighted by Gasteiger charge is -2.03. The molecule has 1 heterocycles. The van der Waals surface area contributed by atoms with Crippen molar-refractivity contribution >= 4 is 13.6 Å². The molecule has 1 unspecified atom stereocenters. The summed E-state index contributed by atoms with van der Waals surface area (Å²) in [5, 5.41) is 0. The van der Waals surface area contributed by atoms with Crippen LogP contribution in [0.2, 0.25) is 0 Å². The molecular weight excluding hydrogens is 343 g/mol. The SMILES string of the molecule is O=C(CCP(=O)(O)O)OCC1CO1.c1ccc(-c2ccccc2)cc1. The lowest BCUT2D eigenvalue weighted by atomic mass is 10.1. The van der Waals surface area contributed by atoms with E-state index in [0.29, 0.717) is 6.61 Å². The first-order chi connectivity index (χ1) is 11.9. The second-order valence-electron chi connectivity index (χ2n) is 5.51. The monoisotopic (exact) mass is 364 g/mol. The van der Waals surface area contributed by atoms with Crippen LogP contribution < -0.4 is 0 Å². The summed E-state index contributed by atoms with van der Waals surface area (Å²) in [6, 6.07) is 20.8. The molecule has 2 N–H and O–H groups in total. The molecule has 1 saturated heterocycles. The van der Waals surface area contributed by atoms with Crippen molar-refractivity contribution in [3.05, 3.63) is 60.7 Å². The van der Waals surface area contributed by atoms with Gasteiger partial charge in [0.15, 0.2) is 0 Å². The molecule has 6 nitrogen and oxygen atoms in total. The molecule has 0 saturated carbocycles. The van der Waals surface area contributed by atoms with Crippen molar-refractivity contribution in [2.24, 2.45) is 0 Å². The van der Waals surface area contributed by atoms with Crippen molar-refractivity contribution in [3.8, 4) is 11.1 Å². The fourth-order valence-electron chi connectivity index (χ4n) is 1.92. The van der Waals surface area contributed by atoms with Crippen LogP contribution in [0.15, 0.2) is 60.7 Å². The predicted molar refractivity (Wildman–Crippen MR) is 94.1 cm³/mol. The first kappa shape index (κ1) is 19.3. The smallest absolute Gasteiger partial charge is 0.326 e. The van der Waals surface area contributed by atoms with Gasteiger partial charge in [0.05, 0.1) is 19.2 Å². The Labute approximate surface area is 146 Å². The van der Waals surface area contributed by atoms with E-state index < -0.39 is 19.7 Å². The zero-order valence-electron chi connectivity index (χ0n) is 13.7. The third-order valence-corrected chi connectivity index (χ3v) is 4.13. The van der Waals surface area contributed by atoms with Gasteiger partial charge in [0.25, 0.3) is 0 Å². The van der Waals surface area contributed by atoms with Gasteiger partial charge in [0.1, 0.15) is 12.7 Å². The van der Waals surface area contributed by atoms with Crippen LogP contribution in [-0.4, -0.2) is 41.2 Å². The zero-order valence-corrected chi connectivity index (χ0v) is 14.5. The lowest BCUT2D eigenvalue weighted by Crippen LogP contribution is -2.11. The van der Waals surface area contributed by atoms with Gasteiger partial charge in [-0.05, 0) is 11.1 Å². The molecule has 25 heavy (non-hydrogen) atoms. The van der Waals surface area contributed by atoms with Crippen LogP contribution in [-0.2, 0) is 18.8 Å². The number of esters is 1. The first-order valence-corrected chi connectivity index (χ1v) is 9.66. The molecule has 1 fully saturated rings. The van der Waals surface area contributed by atoms with Crippen LogP contribution in [0.5, 0.6) is 0 Å². The molecule has 1 atom stereocenters. The number of ether oxygens (including phenoxy) is 2. The summed E-state index contributed by atoms with van der Waals surface area (Å²) >= 11 is 0. The van der Waals surface area contributed by atoms with Crippen LogP contribution in [0.1, 0.15) is 6.42 Å². The number of carbonyl (C=O) groups is 1. The number of epoxide rings is 1. The molecule has 2 aromatic rings. The van der Waals surface area contributed by atoms with Crippen molar-refractivity contribution in [1.29, 1.82) is 0 Å². The van der Waals surface area contributed by atoms with Crippen LogP contribution in [0.25, 0.3) is 11.1 Å². The summed E-state index contributed by atoms with van der Waals surface area (Å²) in [4.78, 5) is 27.7. The highest BCUT2D eigenvalue weighted by Crippen LogP contribution is 2.34. The van der Waals surface area contributed by atoms with Gasteiger partial charge >= 0.3 is 13.6 Å². The number of hydrogen-bond donors (Lipinski definition) is 2. The van der Waals surface area contributed by atoms with E-state index in [1.54, 1.807) is 0 Å². The van der Waals surface area contributed by atoms with E-state index in [1.807, 2.05) is 12.1 Å². The molecule has 0 aliphatic carbocycles. The van der Waals surface area contributed by atoms with E-state index in [4.69, 9.17) is 14.5 Å². The minimum absolute atomic E-state index is 0.0148. The average molecular weight is 364 g/mol. The van der Waals surface area contributed by atoms with Gasteiger partial charge in [-0.25, -0.2) is 0 Å². The Morgan fingerprint density at radius 2 is 1.52 bits per heavy atom. The van der Waals surface area contributed by atoms with E-state index in [2.05, 4.69) is 53.3 Å². The van der Waals surface area contributed by atoms with E-state index in [1.165, 1.54) is 11.1 Å². The summed E-state index contributed by atoms with van der Waals surface area (Å²) in [6.45, 7) is 0.770. The van der Waals surface area contributed by atoms with Crippen LogP contribution >= 0.6 is 7.60 Å². The summed E-state index contributed by atoms with van der Waals surface area (Å²) in [7, 11) is -4.08. The van der Waals surface area contributed by atoms with Crippen LogP contribution in [0.4, 0.5) is 0 Å². The van der Waals surface area contributed by atoms with Gasteiger partial charge in [0, 0.05) is 0 Å². The molecule has 0 bridgehead atoms. The molecule has 134 valence electrons. The summed E-state index contributed by atoms with van der Waals surface area (Å²) in [5.41, 5.74) is 2.55. The Bertz CT molecular complexity index is 657. The average Bonchev–Trinajstić information content (AvgIpc) is 3.44. The lowest BCUT2D eigenvalue weighted by molar-refractivity contribution is -0.143. The van der Waals surface area contributed by atoms with Gasteiger partial charge in [-0.3, -0.25) is 9.36 Å². The minimum Gasteiger partial charge on any atom is -0.463 e. The quantitative estimate of drug-likeness (QED) is 0.465. The Kier molecular flexibility index (Phi) is 7.34. The summed E-state index contributed by atoms with van der Waals surface area (Å²) in [5.74, 6) is -0.598. The zero-order chi connectivity index (χ0) is 18.1. The van der Waals surface area contributed by atoms with E-state index >= 15 is 0 Å². The van der Waals surface area contributed by atoms with Crippen LogP contribution in [0.3, 0.4) is 0 Å². The molecule has 0 spiro atoms. The predicted octanol–water partition coefficient (Wildman–Crippen LogP) is 2.85. The maximum absolute atomic E-state index is 10.8. The van der Waals surface area contributed by atoms with Gasteiger partial charge in [-0.1, -0.05) is 60.7 Å². The van der Waals surface area contributed by atoms with E-state index in [9.17, 15) is 9.36 Å². The fourth-order valence-corrected chi connectivity index (χ4v) is 2.39. The fraction of sp³-hybridized carbons (Fsp3) is 0.278. The maximum atomic E-state index is 10.8. The Morgan fingerprint density at radius 3 is 1.92 bits per heavy atom. The largest absolute Gasteiger partial charge is 0.463 e. The molecular formula is C18H21O6P. The minimum atomic E-state index is -4.08. The van der Waals surface area contributed by atoms with E-state index in [0.717, 1.165) is 0 Å². The molecule has 0 aromatic heterocycles. The number of rotatable bonds is 6. The Hall–Kier alpha value is -1.98. The normalized spacial score (nSPS) is 15.7. The van der Waals surface area contributed by atoms with Crippen molar-refractivity contribution in [2.45, 2.75) is 12.5 Å². The molecule has 1 aliphatic rings. The van der Waals surface area contributed by atoms with Crippen molar-refractivity contribution in [1.82, 2.24) is 0 Å². The highest BCUT2D eigenvalue weighted by Gasteiger charge is 2.24. The van der Waals surface area contributed by atoms with Gasteiger partial charge < -0.3 is 19.3 Å². The molecule has 7 heteroatoms. The molecule has 2 aromatic carbocycles. The highest BCUT2D eigenvalue weighted by molar-refractivity contribution is 7.51. The summed E-state index contributed by atoms with van der Waals surface area (Å²) in [6.07, 6.45) is -0.729.